The number of Topliss-reactive ketones (excluding diaryl/α,β-unsaturated/α-hetero) is 1. The zero-order valence-electron chi connectivity index (χ0n) is 11.6. The van der Waals surface area contributed by atoms with Gasteiger partial charge in [0.05, 0.1) is 7.11 Å². The van der Waals surface area contributed by atoms with Crippen LogP contribution in [0.5, 0.6) is 5.75 Å². The number of carbonyl (C=O) groups is 2. The average Bonchev–Trinajstić information content (AvgIpc) is 2.83. The van der Waals surface area contributed by atoms with E-state index >= 15 is 0 Å². The summed E-state index contributed by atoms with van der Waals surface area (Å²) in [6, 6.07) is 14.4. The van der Waals surface area contributed by atoms with Crippen LogP contribution >= 0.6 is 0 Å². The largest absolute Gasteiger partial charge is 0.497 e. The normalized spacial score (nSPS) is 15.1. The highest BCUT2D eigenvalue weighted by atomic mass is 16.5. The molecule has 2 aromatic rings. The number of rotatable bonds is 3. The van der Waals surface area contributed by atoms with Crippen LogP contribution in [-0.2, 0) is 11.2 Å². The van der Waals surface area contributed by atoms with E-state index in [0.29, 0.717) is 23.3 Å². The van der Waals surface area contributed by atoms with Gasteiger partial charge in [-0.15, -0.1) is 0 Å². The average molecular weight is 278 g/mol. The van der Waals surface area contributed by atoms with Crippen LogP contribution in [0.4, 0.5) is 0 Å². The lowest BCUT2D eigenvalue weighted by atomic mass is 10.0. The maximum Gasteiger partial charge on any atom is 0.186 e. The van der Waals surface area contributed by atoms with Gasteiger partial charge < -0.3 is 4.74 Å². The molecule has 0 heterocycles. The summed E-state index contributed by atoms with van der Waals surface area (Å²) >= 11 is 0. The Morgan fingerprint density at radius 3 is 2.52 bits per heavy atom. The number of hydrogen-bond acceptors (Lipinski definition) is 3. The lowest BCUT2D eigenvalue weighted by molar-refractivity contribution is -0.112. The molecule has 3 nitrogen and oxygen atoms in total. The number of ether oxygens (including phenoxy) is 1. The van der Waals surface area contributed by atoms with Crippen molar-refractivity contribution >= 4 is 17.1 Å². The van der Waals surface area contributed by atoms with E-state index in [9.17, 15) is 9.59 Å². The molecule has 3 heteroatoms. The van der Waals surface area contributed by atoms with Gasteiger partial charge in [-0.25, -0.2) is 0 Å². The summed E-state index contributed by atoms with van der Waals surface area (Å²) in [5.41, 5.74) is 2.90. The third-order valence-corrected chi connectivity index (χ3v) is 3.61. The molecule has 0 spiro atoms. The van der Waals surface area contributed by atoms with Crippen molar-refractivity contribution in [2.75, 3.05) is 7.11 Å². The number of hydrogen-bond donors (Lipinski definition) is 0. The second-order valence-electron chi connectivity index (χ2n) is 4.91. The Hall–Kier alpha value is -2.68. The Balaban J connectivity index is 1.94. The standard InChI is InChI=1S/C18H14O3/c1-21-14-8-6-12(7-9-14)17(19)11-16-15-5-3-2-4-13(15)10-18(16)20/h2-9,11H,10H2,1H3/b16-11-. The maximum atomic E-state index is 12.3. The second-order valence-corrected chi connectivity index (χ2v) is 4.91. The summed E-state index contributed by atoms with van der Waals surface area (Å²) in [5.74, 6) is 0.525. The molecule has 0 radical (unpaired) electrons. The molecule has 0 fully saturated rings. The summed E-state index contributed by atoms with van der Waals surface area (Å²) in [6.45, 7) is 0. The molecule has 0 saturated carbocycles. The summed E-state index contributed by atoms with van der Waals surface area (Å²) in [6.07, 6.45) is 1.81. The maximum absolute atomic E-state index is 12.3. The Bertz CT molecular complexity index is 739. The fourth-order valence-electron chi connectivity index (χ4n) is 2.48. The smallest absolute Gasteiger partial charge is 0.186 e. The van der Waals surface area contributed by atoms with Crippen LogP contribution in [0.3, 0.4) is 0 Å². The predicted octanol–water partition coefficient (Wildman–Crippen LogP) is 3.09. The highest BCUT2D eigenvalue weighted by molar-refractivity contribution is 6.30. The molecular weight excluding hydrogens is 264 g/mol. The SMILES string of the molecule is COc1ccc(C(=O)/C=C2\C(=O)Cc3ccccc32)cc1. The summed E-state index contributed by atoms with van der Waals surface area (Å²) in [7, 11) is 1.58. The first-order valence-electron chi connectivity index (χ1n) is 6.70. The highest BCUT2D eigenvalue weighted by Gasteiger charge is 2.24. The third-order valence-electron chi connectivity index (χ3n) is 3.61. The Labute approximate surface area is 122 Å². The van der Waals surface area contributed by atoms with Crippen LogP contribution in [0, 0.1) is 0 Å². The van der Waals surface area contributed by atoms with E-state index in [1.807, 2.05) is 24.3 Å². The molecule has 0 atom stereocenters. The summed E-state index contributed by atoms with van der Waals surface area (Å²) in [5, 5.41) is 0. The van der Waals surface area contributed by atoms with Gasteiger partial charge in [0.2, 0.25) is 0 Å². The van der Waals surface area contributed by atoms with E-state index < -0.39 is 0 Å². The number of benzene rings is 2. The molecule has 0 aromatic heterocycles. The van der Waals surface area contributed by atoms with Crippen LogP contribution < -0.4 is 4.74 Å². The van der Waals surface area contributed by atoms with E-state index in [1.165, 1.54) is 6.08 Å². The lowest BCUT2D eigenvalue weighted by Crippen LogP contribution is -2.00. The first-order chi connectivity index (χ1) is 10.2. The zero-order chi connectivity index (χ0) is 14.8. The van der Waals surface area contributed by atoms with E-state index in [-0.39, 0.29) is 11.6 Å². The van der Waals surface area contributed by atoms with Crippen molar-refractivity contribution in [3.05, 3.63) is 71.3 Å². The minimum atomic E-state index is -0.169. The molecule has 1 aliphatic rings. The Morgan fingerprint density at radius 2 is 1.81 bits per heavy atom. The van der Waals surface area contributed by atoms with E-state index in [4.69, 9.17) is 4.74 Å². The molecule has 2 aromatic carbocycles. The number of fused-ring (bicyclic) bond motifs is 1. The van der Waals surface area contributed by atoms with Crippen molar-refractivity contribution in [1.29, 1.82) is 0 Å². The van der Waals surface area contributed by atoms with Gasteiger partial charge in [-0.1, -0.05) is 24.3 Å². The van der Waals surface area contributed by atoms with Crippen molar-refractivity contribution in [2.45, 2.75) is 6.42 Å². The molecule has 1 aliphatic carbocycles. The van der Waals surface area contributed by atoms with Crippen molar-refractivity contribution in [3.8, 4) is 5.75 Å². The van der Waals surface area contributed by atoms with Crippen LogP contribution in [0.25, 0.3) is 5.57 Å². The highest BCUT2D eigenvalue weighted by Crippen LogP contribution is 2.29. The van der Waals surface area contributed by atoms with Gasteiger partial charge in [0.1, 0.15) is 5.75 Å². The quantitative estimate of drug-likeness (QED) is 0.640. The van der Waals surface area contributed by atoms with Crippen molar-refractivity contribution in [1.82, 2.24) is 0 Å². The molecule has 0 saturated heterocycles. The van der Waals surface area contributed by atoms with Gasteiger partial charge in [0, 0.05) is 17.6 Å². The van der Waals surface area contributed by atoms with Crippen molar-refractivity contribution in [2.24, 2.45) is 0 Å². The first kappa shape index (κ1) is 13.3. The first-order valence-corrected chi connectivity index (χ1v) is 6.70. The number of ketones is 2. The van der Waals surface area contributed by atoms with Gasteiger partial charge in [-0.05, 0) is 41.5 Å². The molecule has 0 bridgehead atoms. The van der Waals surface area contributed by atoms with Gasteiger partial charge >= 0.3 is 0 Å². The monoisotopic (exact) mass is 278 g/mol. The van der Waals surface area contributed by atoms with Crippen LogP contribution in [0.1, 0.15) is 21.5 Å². The zero-order valence-corrected chi connectivity index (χ0v) is 11.6. The van der Waals surface area contributed by atoms with Gasteiger partial charge in [0.15, 0.2) is 11.6 Å². The van der Waals surface area contributed by atoms with Crippen molar-refractivity contribution in [3.63, 3.8) is 0 Å². The molecule has 0 amide bonds. The summed E-state index contributed by atoms with van der Waals surface area (Å²) in [4.78, 5) is 24.3. The predicted molar refractivity (Wildman–Crippen MR) is 80.5 cm³/mol. The fourth-order valence-corrected chi connectivity index (χ4v) is 2.48. The minimum absolute atomic E-state index is 0.00179. The van der Waals surface area contributed by atoms with Crippen LogP contribution in [-0.4, -0.2) is 18.7 Å². The van der Waals surface area contributed by atoms with E-state index in [1.54, 1.807) is 31.4 Å². The number of methoxy groups -OCH3 is 1. The summed E-state index contributed by atoms with van der Waals surface area (Å²) < 4.78 is 5.07. The molecule has 0 aliphatic heterocycles. The third kappa shape index (κ3) is 2.50. The Morgan fingerprint density at radius 1 is 1.10 bits per heavy atom. The fraction of sp³-hybridized carbons (Fsp3) is 0.111. The molecule has 0 unspecified atom stereocenters. The number of allylic oxidation sites excluding steroid dienone is 2. The van der Waals surface area contributed by atoms with E-state index in [2.05, 4.69) is 0 Å². The molecule has 3 rings (SSSR count). The second kappa shape index (κ2) is 5.37. The molecule has 0 N–H and O–H groups in total. The lowest BCUT2D eigenvalue weighted by Gasteiger charge is -2.02. The van der Waals surface area contributed by atoms with Gasteiger partial charge in [-0.3, -0.25) is 9.59 Å². The minimum Gasteiger partial charge on any atom is -0.497 e. The topological polar surface area (TPSA) is 43.4 Å². The van der Waals surface area contributed by atoms with Crippen LogP contribution in [0.15, 0.2) is 54.6 Å². The van der Waals surface area contributed by atoms with Crippen molar-refractivity contribution < 1.29 is 14.3 Å². The Kier molecular flexibility index (Phi) is 3.40. The van der Waals surface area contributed by atoms with E-state index in [0.717, 1.165) is 11.1 Å². The van der Waals surface area contributed by atoms with Gasteiger partial charge in [-0.2, -0.15) is 0 Å². The van der Waals surface area contributed by atoms with Gasteiger partial charge in [0.25, 0.3) is 0 Å². The number of carbonyl (C=O) groups excluding carboxylic acids is 2. The molecule has 21 heavy (non-hydrogen) atoms. The molecule has 104 valence electrons. The molecular formula is C18H14O3. The van der Waals surface area contributed by atoms with Crippen LogP contribution in [0.2, 0.25) is 0 Å².